The van der Waals surface area contributed by atoms with Crippen molar-refractivity contribution in [2.75, 3.05) is 11.9 Å². The van der Waals surface area contributed by atoms with E-state index in [-0.39, 0.29) is 5.91 Å². The monoisotopic (exact) mass is 259 g/mol. The molecule has 0 spiro atoms. The summed E-state index contributed by atoms with van der Waals surface area (Å²) in [5.74, 6) is -0.0677. The maximum Gasteiger partial charge on any atom is 0.279 e. The SMILES string of the molecule is O=C(C[NH2+]C1CC1)Nc1c(Cl)cccc1Cl. The molecular weight excluding hydrogens is 247 g/mol. The van der Waals surface area contributed by atoms with Gasteiger partial charge in [0.2, 0.25) is 0 Å². The third kappa shape index (κ3) is 3.11. The van der Waals surface area contributed by atoms with Gasteiger partial charge in [0.1, 0.15) is 0 Å². The van der Waals surface area contributed by atoms with Crippen LogP contribution in [0.3, 0.4) is 0 Å². The first-order valence-electron chi connectivity index (χ1n) is 5.24. The van der Waals surface area contributed by atoms with Crippen molar-refractivity contribution in [1.29, 1.82) is 0 Å². The third-order valence-corrected chi connectivity index (χ3v) is 3.12. The Balaban J connectivity index is 1.93. The van der Waals surface area contributed by atoms with Gasteiger partial charge in [0.15, 0.2) is 6.54 Å². The van der Waals surface area contributed by atoms with Crippen molar-refractivity contribution in [2.45, 2.75) is 18.9 Å². The maximum atomic E-state index is 11.6. The van der Waals surface area contributed by atoms with E-state index in [2.05, 4.69) is 5.32 Å². The van der Waals surface area contributed by atoms with Gasteiger partial charge in [0.25, 0.3) is 5.91 Å². The van der Waals surface area contributed by atoms with E-state index < -0.39 is 0 Å². The van der Waals surface area contributed by atoms with E-state index in [1.807, 2.05) is 5.32 Å². The highest BCUT2D eigenvalue weighted by molar-refractivity contribution is 6.39. The maximum absolute atomic E-state index is 11.6. The average Bonchev–Trinajstić information content (AvgIpc) is 3.04. The highest BCUT2D eigenvalue weighted by atomic mass is 35.5. The molecule has 1 aromatic rings. The van der Waals surface area contributed by atoms with Gasteiger partial charge in [-0.1, -0.05) is 29.3 Å². The second kappa shape index (κ2) is 5.04. The van der Waals surface area contributed by atoms with Gasteiger partial charge in [-0.25, -0.2) is 0 Å². The molecule has 1 amide bonds. The molecule has 5 heteroatoms. The standard InChI is InChI=1S/C11H12Cl2N2O/c12-8-2-1-3-9(13)11(8)15-10(16)6-14-7-4-5-7/h1-3,7,14H,4-6H2,(H,15,16)/p+1. The molecule has 1 aliphatic carbocycles. The summed E-state index contributed by atoms with van der Waals surface area (Å²) in [6.07, 6.45) is 2.42. The number of hydrogen-bond donors (Lipinski definition) is 2. The molecule has 0 atom stereocenters. The molecule has 0 aromatic heterocycles. The normalized spacial score (nSPS) is 14.9. The summed E-state index contributed by atoms with van der Waals surface area (Å²) in [4.78, 5) is 11.6. The van der Waals surface area contributed by atoms with E-state index in [9.17, 15) is 4.79 Å². The van der Waals surface area contributed by atoms with E-state index >= 15 is 0 Å². The number of rotatable bonds is 4. The Bertz CT molecular complexity index is 385. The summed E-state index contributed by atoms with van der Waals surface area (Å²) >= 11 is 11.9. The summed E-state index contributed by atoms with van der Waals surface area (Å²) in [6.45, 7) is 0.423. The van der Waals surface area contributed by atoms with Crippen molar-refractivity contribution in [3.63, 3.8) is 0 Å². The molecule has 16 heavy (non-hydrogen) atoms. The topological polar surface area (TPSA) is 45.7 Å². The number of hydrogen-bond acceptors (Lipinski definition) is 1. The number of para-hydroxylation sites is 1. The highest BCUT2D eigenvalue weighted by Crippen LogP contribution is 2.29. The zero-order valence-electron chi connectivity index (χ0n) is 8.67. The number of nitrogens with one attached hydrogen (secondary N) is 1. The Labute approximate surface area is 104 Å². The molecule has 1 aromatic carbocycles. The van der Waals surface area contributed by atoms with Crippen LogP contribution in [-0.4, -0.2) is 18.5 Å². The zero-order valence-corrected chi connectivity index (χ0v) is 10.2. The van der Waals surface area contributed by atoms with Crippen LogP contribution in [0.5, 0.6) is 0 Å². The zero-order chi connectivity index (χ0) is 11.5. The molecule has 1 aliphatic rings. The lowest BCUT2D eigenvalue weighted by atomic mass is 10.3. The number of nitrogens with two attached hydrogens (primary N) is 1. The van der Waals surface area contributed by atoms with Gasteiger partial charge in [-0.2, -0.15) is 0 Å². The summed E-state index contributed by atoms with van der Waals surface area (Å²) in [5, 5.41) is 5.70. The molecule has 0 bridgehead atoms. The Kier molecular flexibility index (Phi) is 3.69. The molecule has 3 nitrogen and oxygen atoms in total. The minimum Gasteiger partial charge on any atom is -0.336 e. The number of benzene rings is 1. The fraction of sp³-hybridized carbons (Fsp3) is 0.364. The summed E-state index contributed by atoms with van der Waals surface area (Å²) in [6, 6.07) is 5.78. The van der Waals surface area contributed by atoms with Crippen LogP contribution in [0, 0.1) is 0 Å². The predicted molar refractivity (Wildman–Crippen MR) is 64.9 cm³/mol. The quantitative estimate of drug-likeness (QED) is 0.849. The van der Waals surface area contributed by atoms with Crippen LogP contribution in [0.4, 0.5) is 5.69 Å². The Morgan fingerprint density at radius 2 is 2.00 bits per heavy atom. The predicted octanol–water partition coefficient (Wildman–Crippen LogP) is 1.66. The molecular formula is C11H13Cl2N2O+. The first-order chi connectivity index (χ1) is 7.66. The molecule has 2 rings (SSSR count). The van der Waals surface area contributed by atoms with Crippen LogP contribution in [0.2, 0.25) is 10.0 Å². The Hall–Kier alpha value is -0.770. The number of halogens is 2. The molecule has 86 valence electrons. The van der Waals surface area contributed by atoms with Gasteiger partial charge in [-0.15, -0.1) is 0 Å². The minimum atomic E-state index is -0.0677. The third-order valence-electron chi connectivity index (χ3n) is 2.49. The van der Waals surface area contributed by atoms with Crippen molar-refractivity contribution >= 4 is 34.8 Å². The Morgan fingerprint density at radius 3 is 2.56 bits per heavy atom. The lowest BCUT2D eigenvalue weighted by Crippen LogP contribution is -2.87. The second-order valence-electron chi connectivity index (χ2n) is 3.92. The van der Waals surface area contributed by atoms with Crippen molar-refractivity contribution in [3.8, 4) is 0 Å². The van der Waals surface area contributed by atoms with E-state index in [0.29, 0.717) is 28.3 Å². The van der Waals surface area contributed by atoms with E-state index in [1.54, 1.807) is 18.2 Å². The number of quaternary nitrogens is 1. The largest absolute Gasteiger partial charge is 0.336 e. The van der Waals surface area contributed by atoms with E-state index in [4.69, 9.17) is 23.2 Å². The number of anilines is 1. The fourth-order valence-electron chi connectivity index (χ4n) is 1.41. The van der Waals surface area contributed by atoms with Crippen LogP contribution in [-0.2, 0) is 4.79 Å². The molecule has 3 N–H and O–H groups in total. The lowest BCUT2D eigenvalue weighted by Gasteiger charge is -2.08. The number of carbonyl (C=O) groups excluding carboxylic acids is 1. The molecule has 0 aliphatic heterocycles. The Morgan fingerprint density at radius 1 is 1.38 bits per heavy atom. The van der Waals surface area contributed by atoms with Crippen molar-refractivity contribution < 1.29 is 10.1 Å². The van der Waals surface area contributed by atoms with Gasteiger partial charge < -0.3 is 10.6 Å². The summed E-state index contributed by atoms with van der Waals surface area (Å²) in [5.41, 5.74) is 0.500. The van der Waals surface area contributed by atoms with Gasteiger partial charge in [0, 0.05) is 12.8 Å². The molecule has 0 unspecified atom stereocenters. The van der Waals surface area contributed by atoms with Crippen molar-refractivity contribution in [1.82, 2.24) is 0 Å². The second-order valence-corrected chi connectivity index (χ2v) is 4.74. The highest BCUT2D eigenvalue weighted by Gasteiger charge is 2.26. The molecule has 1 fully saturated rings. The summed E-state index contributed by atoms with van der Waals surface area (Å²) in [7, 11) is 0. The van der Waals surface area contributed by atoms with E-state index in [0.717, 1.165) is 0 Å². The first kappa shape index (κ1) is 11.7. The van der Waals surface area contributed by atoms with Gasteiger partial charge in [-0.3, -0.25) is 4.79 Å². The van der Waals surface area contributed by atoms with Gasteiger partial charge >= 0.3 is 0 Å². The molecule has 0 heterocycles. The fourth-order valence-corrected chi connectivity index (χ4v) is 1.91. The van der Waals surface area contributed by atoms with Gasteiger partial charge in [-0.05, 0) is 12.1 Å². The van der Waals surface area contributed by atoms with Crippen LogP contribution in [0.25, 0.3) is 0 Å². The minimum absolute atomic E-state index is 0.0677. The first-order valence-corrected chi connectivity index (χ1v) is 5.99. The van der Waals surface area contributed by atoms with Crippen molar-refractivity contribution in [3.05, 3.63) is 28.2 Å². The van der Waals surface area contributed by atoms with Gasteiger partial charge in [0.05, 0.1) is 21.8 Å². The molecule has 0 saturated heterocycles. The van der Waals surface area contributed by atoms with Crippen LogP contribution >= 0.6 is 23.2 Å². The average molecular weight is 260 g/mol. The van der Waals surface area contributed by atoms with E-state index in [1.165, 1.54) is 12.8 Å². The molecule has 0 radical (unpaired) electrons. The van der Waals surface area contributed by atoms with Crippen molar-refractivity contribution in [2.24, 2.45) is 0 Å². The van der Waals surface area contributed by atoms with Crippen LogP contribution in [0.15, 0.2) is 18.2 Å². The summed E-state index contributed by atoms with van der Waals surface area (Å²) < 4.78 is 0. The van der Waals surface area contributed by atoms with Crippen LogP contribution in [0.1, 0.15) is 12.8 Å². The number of amides is 1. The number of carbonyl (C=O) groups is 1. The molecule has 1 saturated carbocycles. The lowest BCUT2D eigenvalue weighted by molar-refractivity contribution is -0.657. The van der Waals surface area contributed by atoms with Crippen LogP contribution < -0.4 is 10.6 Å². The smallest absolute Gasteiger partial charge is 0.279 e.